The van der Waals surface area contributed by atoms with E-state index in [0.717, 1.165) is 12.8 Å². The minimum atomic E-state index is -1.00. The van der Waals surface area contributed by atoms with E-state index in [1.807, 2.05) is 6.92 Å². The van der Waals surface area contributed by atoms with E-state index in [2.05, 4.69) is 5.32 Å². The van der Waals surface area contributed by atoms with Crippen LogP contribution in [0.5, 0.6) is 11.5 Å². The molecule has 0 spiro atoms. The van der Waals surface area contributed by atoms with Gasteiger partial charge in [-0.05, 0) is 72.1 Å². The van der Waals surface area contributed by atoms with Crippen molar-refractivity contribution in [2.45, 2.75) is 91.4 Å². The minimum Gasteiger partial charge on any atom is -0.468 e. The van der Waals surface area contributed by atoms with Gasteiger partial charge >= 0.3 is 24.2 Å². The fourth-order valence-corrected chi connectivity index (χ4v) is 2.97. The Bertz CT molecular complexity index is 946. The summed E-state index contributed by atoms with van der Waals surface area (Å²) in [6.45, 7) is 12.4. The van der Waals surface area contributed by atoms with E-state index in [-0.39, 0.29) is 37.0 Å². The smallest absolute Gasteiger partial charge is 0.468 e. The second kappa shape index (κ2) is 15.2. The Labute approximate surface area is 224 Å². The molecule has 0 aliphatic heterocycles. The molecular weight excluding hydrogens is 498 g/mol. The van der Waals surface area contributed by atoms with Gasteiger partial charge in [0.1, 0.15) is 23.9 Å². The zero-order valence-corrected chi connectivity index (χ0v) is 23.6. The second-order valence-electron chi connectivity index (χ2n) is 10.5. The fraction of sp³-hybridized carbons (Fsp3) is 0.630. The maximum atomic E-state index is 12.4. The van der Waals surface area contributed by atoms with E-state index < -0.39 is 35.5 Å². The van der Waals surface area contributed by atoms with E-state index in [0.29, 0.717) is 12.0 Å². The molecule has 11 nitrogen and oxygen atoms in total. The van der Waals surface area contributed by atoms with Crippen LogP contribution in [-0.2, 0) is 35.0 Å². The lowest BCUT2D eigenvalue weighted by Crippen LogP contribution is -2.41. The van der Waals surface area contributed by atoms with Gasteiger partial charge in [0.2, 0.25) is 0 Å². The number of carbonyl (C=O) groups is 4. The van der Waals surface area contributed by atoms with Gasteiger partial charge in [-0.15, -0.1) is 0 Å². The highest BCUT2D eigenvalue weighted by Crippen LogP contribution is 2.31. The van der Waals surface area contributed by atoms with Crippen molar-refractivity contribution in [2.75, 3.05) is 20.3 Å². The van der Waals surface area contributed by atoms with Crippen LogP contribution in [0.3, 0.4) is 0 Å². The number of rotatable bonds is 12. The van der Waals surface area contributed by atoms with Crippen molar-refractivity contribution < 1.29 is 47.6 Å². The maximum Gasteiger partial charge on any atom is 0.514 e. The van der Waals surface area contributed by atoms with Crippen LogP contribution in [-0.4, -0.2) is 61.8 Å². The molecule has 0 aliphatic carbocycles. The van der Waals surface area contributed by atoms with Gasteiger partial charge in [0, 0.05) is 13.0 Å². The van der Waals surface area contributed by atoms with Crippen LogP contribution in [0.1, 0.15) is 73.3 Å². The highest BCUT2D eigenvalue weighted by atomic mass is 16.8. The zero-order chi connectivity index (χ0) is 28.9. The highest BCUT2D eigenvalue weighted by Gasteiger charge is 2.25. The second-order valence-corrected chi connectivity index (χ2v) is 10.5. The lowest BCUT2D eigenvalue weighted by molar-refractivity contribution is -0.144. The summed E-state index contributed by atoms with van der Waals surface area (Å²) < 4.78 is 31.0. The average molecular weight is 540 g/mol. The van der Waals surface area contributed by atoms with Crippen LogP contribution in [0.4, 0.5) is 9.59 Å². The van der Waals surface area contributed by atoms with Crippen LogP contribution in [0.15, 0.2) is 18.2 Å². The first-order valence-electron chi connectivity index (χ1n) is 12.5. The monoisotopic (exact) mass is 539 g/mol. The van der Waals surface area contributed by atoms with E-state index in [9.17, 15) is 19.2 Å². The van der Waals surface area contributed by atoms with Crippen molar-refractivity contribution in [2.24, 2.45) is 0 Å². The van der Waals surface area contributed by atoms with Crippen LogP contribution in [0.2, 0.25) is 0 Å². The van der Waals surface area contributed by atoms with E-state index in [1.54, 1.807) is 47.6 Å². The molecule has 214 valence electrons. The minimum absolute atomic E-state index is 0.0737. The summed E-state index contributed by atoms with van der Waals surface area (Å²) >= 11 is 0. The van der Waals surface area contributed by atoms with E-state index in [1.165, 1.54) is 19.2 Å². The molecule has 0 fully saturated rings. The molecule has 1 atom stereocenters. The predicted octanol–water partition coefficient (Wildman–Crippen LogP) is 4.72. The van der Waals surface area contributed by atoms with Gasteiger partial charge in [-0.2, -0.15) is 0 Å². The maximum absolute atomic E-state index is 12.4. The largest absolute Gasteiger partial charge is 0.514 e. The molecule has 11 heteroatoms. The molecule has 1 N–H and O–H groups in total. The Balaban J connectivity index is 3.04. The Morgan fingerprint density at radius 1 is 0.895 bits per heavy atom. The predicted molar refractivity (Wildman–Crippen MR) is 138 cm³/mol. The lowest BCUT2D eigenvalue weighted by Gasteiger charge is -2.21. The first-order chi connectivity index (χ1) is 17.6. The Morgan fingerprint density at radius 3 is 2.00 bits per heavy atom. The van der Waals surface area contributed by atoms with Crippen molar-refractivity contribution in [1.82, 2.24) is 5.32 Å². The number of carbonyl (C=O) groups excluding carboxylic acids is 4. The first-order valence-corrected chi connectivity index (χ1v) is 12.5. The van der Waals surface area contributed by atoms with Crippen molar-refractivity contribution in [3.05, 3.63) is 23.8 Å². The molecular formula is C27H41NO10. The number of benzene rings is 1. The summed E-state index contributed by atoms with van der Waals surface area (Å²) in [5, 5.41) is 3.00. The summed E-state index contributed by atoms with van der Waals surface area (Å²) in [6.07, 6.45) is 0.124. The van der Waals surface area contributed by atoms with Gasteiger partial charge in [-0.1, -0.05) is 19.4 Å². The van der Waals surface area contributed by atoms with Crippen LogP contribution >= 0.6 is 0 Å². The molecule has 0 aromatic heterocycles. The van der Waals surface area contributed by atoms with Crippen molar-refractivity contribution in [3.8, 4) is 11.5 Å². The molecule has 0 bridgehead atoms. The van der Waals surface area contributed by atoms with Gasteiger partial charge in [0.05, 0.1) is 7.11 Å². The van der Waals surface area contributed by atoms with Crippen LogP contribution in [0, 0.1) is 0 Å². The highest BCUT2D eigenvalue weighted by molar-refractivity contribution is 5.76. The number of methoxy groups -OCH3 is 1. The Morgan fingerprint density at radius 2 is 1.47 bits per heavy atom. The molecule has 0 saturated carbocycles. The number of unbranched alkanes of at least 4 members (excludes halogenated alkanes) is 1. The summed E-state index contributed by atoms with van der Waals surface area (Å²) in [5.74, 6) is -1.01. The lowest BCUT2D eigenvalue weighted by atomic mass is 10.1. The van der Waals surface area contributed by atoms with E-state index >= 15 is 0 Å². The molecule has 0 aliphatic rings. The van der Waals surface area contributed by atoms with Gasteiger partial charge in [-0.25, -0.2) is 9.59 Å². The van der Waals surface area contributed by atoms with Crippen molar-refractivity contribution in [1.29, 1.82) is 0 Å². The van der Waals surface area contributed by atoms with Gasteiger partial charge < -0.3 is 33.7 Å². The molecule has 1 rings (SSSR count). The molecule has 0 radical (unpaired) electrons. The van der Waals surface area contributed by atoms with Crippen LogP contribution in [0.25, 0.3) is 0 Å². The summed E-state index contributed by atoms with van der Waals surface area (Å²) in [5.41, 5.74) is -1.06. The first kappa shape index (κ1) is 32.7. The molecule has 1 aromatic carbocycles. The Kier molecular flexibility index (Phi) is 13.0. The molecule has 0 amide bonds. The van der Waals surface area contributed by atoms with E-state index in [4.69, 9.17) is 28.4 Å². The molecule has 0 saturated heterocycles. The van der Waals surface area contributed by atoms with Gasteiger partial charge in [0.25, 0.3) is 0 Å². The summed E-state index contributed by atoms with van der Waals surface area (Å²) in [4.78, 5) is 48.6. The quantitative estimate of drug-likeness (QED) is 0.171. The fourth-order valence-electron chi connectivity index (χ4n) is 2.97. The molecule has 1 aromatic rings. The van der Waals surface area contributed by atoms with Gasteiger partial charge in [-0.3, -0.25) is 9.59 Å². The summed E-state index contributed by atoms with van der Waals surface area (Å²) in [7, 11) is 1.26. The number of hydrogen-bond acceptors (Lipinski definition) is 11. The van der Waals surface area contributed by atoms with Crippen LogP contribution < -0.4 is 14.8 Å². The SMILES string of the molecule is CCCCC(=O)OCCN[C@@H](Cc1ccc(OC(=O)OC(C)(C)C)c(OC(=O)OC(C)(C)C)c1)C(=O)OC. The number of hydrogen-bond donors (Lipinski definition) is 1. The molecule has 0 heterocycles. The third-order valence-electron chi connectivity index (χ3n) is 4.59. The molecule has 0 unspecified atom stereocenters. The zero-order valence-electron chi connectivity index (χ0n) is 23.6. The number of esters is 2. The Hall–Kier alpha value is -3.34. The average Bonchev–Trinajstić information content (AvgIpc) is 2.78. The van der Waals surface area contributed by atoms with Gasteiger partial charge in [0.15, 0.2) is 11.5 Å². The normalized spacial score (nSPS) is 12.2. The third-order valence-corrected chi connectivity index (χ3v) is 4.59. The number of nitrogens with one attached hydrogen (secondary N) is 1. The topological polar surface area (TPSA) is 136 Å². The van der Waals surface area contributed by atoms with Crippen molar-refractivity contribution >= 4 is 24.2 Å². The standard InChI is InChI=1S/C27H41NO10/c1-9-10-11-22(29)34-15-14-28-19(23(30)33-8)16-18-12-13-20(35-24(31)37-26(2,3)4)21(17-18)36-25(32)38-27(5,6)7/h12-13,17,19,28H,9-11,14-16H2,1-8H3/t19-/m0/s1. The summed E-state index contributed by atoms with van der Waals surface area (Å²) in [6, 6.07) is 3.68. The number of ether oxygens (including phenoxy) is 6. The molecule has 38 heavy (non-hydrogen) atoms. The van der Waals surface area contributed by atoms with Crippen molar-refractivity contribution in [3.63, 3.8) is 0 Å². The third kappa shape index (κ3) is 13.8.